The number of rotatable bonds is 6. The van der Waals surface area contributed by atoms with Gasteiger partial charge in [0.15, 0.2) is 0 Å². The lowest BCUT2D eigenvalue weighted by atomic mass is 10.3. The Balaban J connectivity index is 1.88. The van der Waals surface area contributed by atoms with Gasteiger partial charge in [0.05, 0.1) is 15.0 Å². The second-order valence-electron chi connectivity index (χ2n) is 4.36. The van der Waals surface area contributed by atoms with E-state index in [1.54, 1.807) is 22.7 Å². The standard InChI is InChI=1S/C13H17ClN2S2/c1-3-4-13-15-10(9-17-13)7-16(2)8-11-5-6-12(14)18-11/h5-6,9H,3-4,7-8H2,1-2H3. The maximum atomic E-state index is 5.93. The highest BCUT2D eigenvalue weighted by atomic mass is 35.5. The Morgan fingerprint density at radius 3 is 2.83 bits per heavy atom. The zero-order chi connectivity index (χ0) is 13.0. The third kappa shape index (κ3) is 4.05. The molecular weight excluding hydrogens is 284 g/mol. The summed E-state index contributed by atoms with van der Waals surface area (Å²) in [6.07, 6.45) is 2.26. The summed E-state index contributed by atoms with van der Waals surface area (Å²) >= 11 is 9.35. The monoisotopic (exact) mass is 300 g/mol. The van der Waals surface area contributed by atoms with E-state index in [1.807, 2.05) is 6.07 Å². The van der Waals surface area contributed by atoms with Crippen molar-refractivity contribution in [2.45, 2.75) is 32.9 Å². The van der Waals surface area contributed by atoms with E-state index < -0.39 is 0 Å². The van der Waals surface area contributed by atoms with Crippen molar-refractivity contribution in [3.63, 3.8) is 0 Å². The Kier molecular flexibility index (Phi) is 5.18. The van der Waals surface area contributed by atoms with Gasteiger partial charge in [-0.1, -0.05) is 18.5 Å². The molecule has 0 unspecified atom stereocenters. The predicted octanol–water partition coefficient (Wildman–Crippen LogP) is 4.44. The van der Waals surface area contributed by atoms with E-state index in [9.17, 15) is 0 Å². The molecule has 0 bridgehead atoms. The summed E-state index contributed by atoms with van der Waals surface area (Å²) < 4.78 is 0.859. The molecule has 0 aliphatic rings. The van der Waals surface area contributed by atoms with Crippen LogP contribution < -0.4 is 0 Å². The Morgan fingerprint density at radius 1 is 1.33 bits per heavy atom. The molecule has 0 saturated heterocycles. The van der Waals surface area contributed by atoms with Crippen LogP contribution in [0.3, 0.4) is 0 Å². The molecule has 0 spiro atoms. The minimum absolute atomic E-state index is 0.859. The molecule has 0 aliphatic heterocycles. The number of hydrogen-bond acceptors (Lipinski definition) is 4. The van der Waals surface area contributed by atoms with Crippen molar-refractivity contribution < 1.29 is 0 Å². The lowest BCUT2D eigenvalue weighted by molar-refractivity contribution is 0.318. The lowest BCUT2D eigenvalue weighted by Crippen LogP contribution is -2.16. The highest BCUT2D eigenvalue weighted by Gasteiger charge is 2.07. The van der Waals surface area contributed by atoms with Gasteiger partial charge in [-0.25, -0.2) is 4.98 Å². The number of aryl methyl sites for hydroxylation is 1. The number of aromatic nitrogens is 1. The highest BCUT2D eigenvalue weighted by Crippen LogP contribution is 2.23. The van der Waals surface area contributed by atoms with E-state index >= 15 is 0 Å². The summed E-state index contributed by atoms with van der Waals surface area (Å²) in [4.78, 5) is 8.21. The van der Waals surface area contributed by atoms with Crippen molar-refractivity contribution in [3.05, 3.63) is 37.4 Å². The molecule has 0 radical (unpaired) electrons. The minimum Gasteiger partial charge on any atom is -0.295 e. The Labute approximate surface area is 121 Å². The molecule has 2 rings (SSSR count). The van der Waals surface area contributed by atoms with Crippen LogP contribution in [0.4, 0.5) is 0 Å². The molecule has 18 heavy (non-hydrogen) atoms. The van der Waals surface area contributed by atoms with Crippen LogP contribution in [0.15, 0.2) is 17.5 Å². The van der Waals surface area contributed by atoms with Gasteiger partial charge in [-0.15, -0.1) is 22.7 Å². The predicted molar refractivity (Wildman–Crippen MR) is 80.6 cm³/mol. The number of thiazole rings is 1. The molecule has 0 atom stereocenters. The molecule has 2 aromatic heterocycles. The van der Waals surface area contributed by atoms with Crippen LogP contribution >= 0.6 is 34.3 Å². The molecule has 0 N–H and O–H groups in total. The maximum absolute atomic E-state index is 5.93. The lowest BCUT2D eigenvalue weighted by Gasteiger charge is -2.13. The van der Waals surface area contributed by atoms with Crippen molar-refractivity contribution in [1.82, 2.24) is 9.88 Å². The van der Waals surface area contributed by atoms with E-state index in [0.717, 1.165) is 30.3 Å². The molecule has 0 aromatic carbocycles. The SMILES string of the molecule is CCCc1nc(CN(C)Cc2ccc(Cl)s2)cs1. The molecule has 2 heterocycles. The minimum atomic E-state index is 0.859. The largest absolute Gasteiger partial charge is 0.295 e. The Hall–Kier alpha value is -0.420. The van der Waals surface area contributed by atoms with Crippen LogP contribution in [-0.2, 0) is 19.5 Å². The number of hydrogen-bond donors (Lipinski definition) is 0. The quantitative estimate of drug-likeness (QED) is 0.784. The molecule has 0 saturated carbocycles. The van der Waals surface area contributed by atoms with Gasteiger partial charge in [0.2, 0.25) is 0 Å². The molecule has 2 aromatic rings. The molecule has 5 heteroatoms. The van der Waals surface area contributed by atoms with E-state index in [0.29, 0.717) is 0 Å². The zero-order valence-corrected chi connectivity index (χ0v) is 13.0. The summed E-state index contributed by atoms with van der Waals surface area (Å²) in [6.45, 7) is 4.02. The van der Waals surface area contributed by atoms with E-state index in [1.165, 1.54) is 15.6 Å². The van der Waals surface area contributed by atoms with Crippen molar-refractivity contribution in [2.75, 3.05) is 7.05 Å². The first kappa shape index (κ1) is 14.0. The smallest absolute Gasteiger partial charge is 0.0931 e. The molecule has 0 fully saturated rings. The summed E-state index contributed by atoms with van der Waals surface area (Å²) in [7, 11) is 2.12. The normalized spacial score (nSPS) is 11.3. The summed E-state index contributed by atoms with van der Waals surface area (Å²) in [5.41, 5.74) is 1.17. The van der Waals surface area contributed by atoms with Crippen LogP contribution in [0.1, 0.15) is 28.9 Å². The number of nitrogens with zero attached hydrogens (tertiary/aromatic N) is 2. The first-order valence-corrected chi connectivity index (χ1v) is 8.11. The summed E-state index contributed by atoms with van der Waals surface area (Å²) in [6, 6.07) is 4.05. The highest BCUT2D eigenvalue weighted by molar-refractivity contribution is 7.16. The third-order valence-electron chi connectivity index (χ3n) is 2.55. The van der Waals surface area contributed by atoms with Gasteiger partial charge in [0, 0.05) is 23.3 Å². The van der Waals surface area contributed by atoms with Gasteiger partial charge in [-0.05, 0) is 32.0 Å². The molecule has 0 aliphatic carbocycles. The van der Waals surface area contributed by atoms with Crippen molar-refractivity contribution in [3.8, 4) is 0 Å². The van der Waals surface area contributed by atoms with E-state index in [-0.39, 0.29) is 0 Å². The van der Waals surface area contributed by atoms with Crippen LogP contribution in [0.25, 0.3) is 0 Å². The van der Waals surface area contributed by atoms with Crippen LogP contribution in [0.5, 0.6) is 0 Å². The van der Waals surface area contributed by atoms with Crippen LogP contribution in [0, 0.1) is 0 Å². The Morgan fingerprint density at radius 2 is 2.17 bits per heavy atom. The third-order valence-corrected chi connectivity index (χ3v) is 4.72. The van der Waals surface area contributed by atoms with Crippen molar-refractivity contribution in [2.24, 2.45) is 0 Å². The summed E-state index contributed by atoms with van der Waals surface area (Å²) in [5, 5.41) is 3.42. The van der Waals surface area contributed by atoms with Gasteiger partial charge in [0.1, 0.15) is 0 Å². The Bertz CT molecular complexity index is 493. The van der Waals surface area contributed by atoms with E-state index in [4.69, 9.17) is 11.6 Å². The molecular formula is C13H17ClN2S2. The van der Waals surface area contributed by atoms with Crippen LogP contribution in [0.2, 0.25) is 4.34 Å². The van der Waals surface area contributed by atoms with Gasteiger partial charge in [-0.3, -0.25) is 4.90 Å². The second kappa shape index (κ2) is 6.66. The van der Waals surface area contributed by atoms with Crippen molar-refractivity contribution in [1.29, 1.82) is 0 Å². The fourth-order valence-electron chi connectivity index (χ4n) is 1.79. The average Bonchev–Trinajstić information content (AvgIpc) is 2.89. The van der Waals surface area contributed by atoms with Gasteiger partial charge in [-0.2, -0.15) is 0 Å². The molecule has 98 valence electrons. The first-order chi connectivity index (χ1) is 8.67. The van der Waals surface area contributed by atoms with Gasteiger partial charge < -0.3 is 0 Å². The zero-order valence-electron chi connectivity index (χ0n) is 10.6. The van der Waals surface area contributed by atoms with Crippen LogP contribution in [-0.4, -0.2) is 16.9 Å². The van der Waals surface area contributed by atoms with Crippen molar-refractivity contribution >= 4 is 34.3 Å². The average molecular weight is 301 g/mol. The fourth-order valence-corrected chi connectivity index (χ4v) is 3.84. The number of halogens is 1. The number of thiophene rings is 1. The molecule has 2 nitrogen and oxygen atoms in total. The van der Waals surface area contributed by atoms with Gasteiger partial charge in [0.25, 0.3) is 0 Å². The van der Waals surface area contributed by atoms with Gasteiger partial charge >= 0.3 is 0 Å². The molecule has 0 amide bonds. The van der Waals surface area contributed by atoms with E-state index in [2.05, 4.69) is 35.3 Å². The second-order valence-corrected chi connectivity index (χ2v) is 7.10. The summed E-state index contributed by atoms with van der Waals surface area (Å²) in [5.74, 6) is 0. The topological polar surface area (TPSA) is 16.1 Å². The first-order valence-electron chi connectivity index (χ1n) is 6.03. The fraction of sp³-hybridized carbons (Fsp3) is 0.462. The maximum Gasteiger partial charge on any atom is 0.0931 e.